The Kier molecular flexibility index (Phi) is 7.09. The minimum absolute atomic E-state index is 0.00926. The molecule has 7 aliphatic rings. The van der Waals surface area contributed by atoms with Crippen molar-refractivity contribution in [2.24, 2.45) is 26.8 Å². The molecule has 0 amide bonds. The van der Waals surface area contributed by atoms with Crippen LogP contribution in [0, 0.1) is 11.8 Å². The summed E-state index contributed by atoms with van der Waals surface area (Å²) in [6.07, 6.45) is 8.41. The van der Waals surface area contributed by atoms with E-state index in [-0.39, 0.29) is 23.6 Å². The SMILES string of the molecule is CCC1=C(C)C2=CC3=NC(=C(C)/C3=C(/C)O)C=C3NC(=C4CC5(OCCO5)C5=C(C)C(=CC1=N2)N=C45)[C@@H](CCC(=O)OC)[C@@H]3C. The number of hydrogen-bond donors (Lipinski definition) is 2. The molecule has 8 bridgehead atoms. The van der Waals surface area contributed by atoms with Crippen LogP contribution >= 0.6 is 0 Å². The molecule has 3 fully saturated rings. The number of hydrogen-bond acceptors (Lipinski definition) is 9. The van der Waals surface area contributed by atoms with E-state index < -0.39 is 5.79 Å². The minimum Gasteiger partial charge on any atom is -0.512 e. The lowest BCUT2D eigenvalue weighted by Gasteiger charge is -2.23. The number of nitrogens with zero attached hydrogens (tertiary/aromatic N) is 3. The molecule has 7 rings (SSSR count). The molecule has 9 heteroatoms. The van der Waals surface area contributed by atoms with E-state index in [1.54, 1.807) is 6.92 Å². The number of rotatable bonds is 4. The first-order valence-corrected chi connectivity index (χ1v) is 15.9. The molecule has 0 aromatic heterocycles. The molecule has 45 heavy (non-hydrogen) atoms. The van der Waals surface area contributed by atoms with E-state index in [0.29, 0.717) is 38.2 Å². The zero-order valence-electron chi connectivity index (χ0n) is 27.1. The summed E-state index contributed by atoms with van der Waals surface area (Å²) in [6.45, 7) is 13.2. The Labute approximate surface area is 263 Å². The standard InChI is InChI=1S/C36H40N4O5/c1-8-22-17(2)25-15-30-32(21(6)41)19(4)27(38-30)13-26-18(3)23(9-10-31(42)43-7)34(39-26)24-16-36(44-11-12-45-36)33-20(5)28(40-35(24)33)14-29(22)37-25/h13-15,18,23,39,41H,8-12,16H2,1-7H3/b25-15?,26-13?,28-14?,32-21+,34-24?/t18-,23-/m0/s1. The number of aliphatic hydroxyl groups is 1. The molecule has 1 aliphatic carbocycles. The van der Waals surface area contributed by atoms with Gasteiger partial charge < -0.3 is 24.6 Å². The maximum absolute atomic E-state index is 12.3. The lowest BCUT2D eigenvalue weighted by Crippen LogP contribution is -2.29. The van der Waals surface area contributed by atoms with Crippen LogP contribution in [0.15, 0.2) is 106 Å². The van der Waals surface area contributed by atoms with Crippen molar-refractivity contribution in [2.45, 2.75) is 73.0 Å². The highest BCUT2D eigenvalue weighted by Crippen LogP contribution is 2.52. The normalized spacial score (nSPS) is 27.6. The van der Waals surface area contributed by atoms with Gasteiger partial charge in [0.2, 0.25) is 5.79 Å². The Morgan fingerprint density at radius 2 is 1.76 bits per heavy atom. The maximum Gasteiger partial charge on any atom is 0.305 e. The first kappa shape index (κ1) is 29.6. The third kappa shape index (κ3) is 4.50. The van der Waals surface area contributed by atoms with Crippen LogP contribution in [0.5, 0.6) is 0 Å². The Morgan fingerprint density at radius 1 is 1.04 bits per heavy atom. The Balaban J connectivity index is 1.50. The second-order valence-electron chi connectivity index (χ2n) is 12.7. The summed E-state index contributed by atoms with van der Waals surface area (Å²) in [5, 5.41) is 14.6. The van der Waals surface area contributed by atoms with Crippen LogP contribution in [-0.2, 0) is 19.0 Å². The van der Waals surface area contributed by atoms with Crippen molar-refractivity contribution in [1.29, 1.82) is 0 Å². The van der Waals surface area contributed by atoms with Crippen LogP contribution in [0.3, 0.4) is 0 Å². The van der Waals surface area contributed by atoms with Gasteiger partial charge in [0.15, 0.2) is 0 Å². The van der Waals surface area contributed by atoms with Crippen molar-refractivity contribution >= 4 is 23.1 Å². The number of aliphatic imine (C=N–C) groups is 3. The fraction of sp³-hybridized carbons (Fsp3) is 0.444. The van der Waals surface area contributed by atoms with Gasteiger partial charge in [-0.2, -0.15) is 0 Å². The van der Waals surface area contributed by atoms with Gasteiger partial charge in [-0.3, -0.25) is 4.79 Å². The van der Waals surface area contributed by atoms with E-state index in [2.05, 4.69) is 45.2 Å². The number of fused-ring (bicyclic) bond motifs is 6. The van der Waals surface area contributed by atoms with Gasteiger partial charge in [0.25, 0.3) is 0 Å². The molecule has 1 spiro atoms. The van der Waals surface area contributed by atoms with E-state index in [1.807, 2.05) is 13.0 Å². The predicted molar refractivity (Wildman–Crippen MR) is 174 cm³/mol. The van der Waals surface area contributed by atoms with E-state index in [1.165, 1.54) is 7.11 Å². The zero-order valence-corrected chi connectivity index (χ0v) is 27.1. The van der Waals surface area contributed by atoms with Crippen LogP contribution in [0.25, 0.3) is 0 Å². The van der Waals surface area contributed by atoms with Crippen LogP contribution < -0.4 is 5.32 Å². The first-order valence-electron chi connectivity index (χ1n) is 15.9. The highest BCUT2D eigenvalue weighted by molar-refractivity contribution is 6.22. The third-order valence-corrected chi connectivity index (χ3v) is 10.2. The largest absolute Gasteiger partial charge is 0.512 e. The van der Waals surface area contributed by atoms with Crippen molar-refractivity contribution in [3.05, 3.63) is 91.5 Å². The number of methoxy groups -OCH3 is 1. The first-order chi connectivity index (χ1) is 21.6. The molecule has 9 nitrogen and oxygen atoms in total. The minimum atomic E-state index is -0.888. The average molecular weight is 609 g/mol. The molecule has 6 heterocycles. The van der Waals surface area contributed by atoms with Crippen molar-refractivity contribution in [3.63, 3.8) is 0 Å². The van der Waals surface area contributed by atoms with E-state index in [0.717, 1.165) is 85.3 Å². The van der Waals surface area contributed by atoms with E-state index in [4.69, 9.17) is 29.2 Å². The number of esters is 1. The molecule has 2 atom stereocenters. The number of aliphatic hydroxyl groups excluding tert-OH is 1. The van der Waals surface area contributed by atoms with Gasteiger partial charge in [0.1, 0.15) is 0 Å². The summed E-state index contributed by atoms with van der Waals surface area (Å²) >= 11 is 0. The van der Waals surface area contributed by atoms with Crippen molar-refractivity contribution < 1.29 is 24.1 Å². The molecular weight excluding hydrogens is 568 g/mol. The van der Waals surface area contributed by atoms with Gasteiger partial charge >= 0.3 is 5.97 Å². The molecule has 0 unspecified atom stereocenters. The van der Waals surface area contributed by atoms with Gasteiger partial charge in [0.05, 0.1) is 60.3 Å². The van der Waals surface area contributed by atoms with Crippen molar-refractivity contribution in [3.8, 4) is 0 Å². The van der Waals surface area contributed by atoms with E-state index in [9.17, 15) is 9.90 Å². The lowest BCUT2D eigenvalue weighted by molar-refractivity contribution is -0.140. The molecule has 0 radical (unpaired) electrons. The monoisotopic (exact) mass is 608 g/mol. The molecule has 6 aliphatic heterocycles. The predicted octanol–water partition coefficient (Wildman–Crippen LogP) is 6.37. The van der Waals surface area contributed by atoms with Gasteiger partial charge in [-0.05, 0) is 81.1 Å². The van der Waals surface area contributed by atoms with Gasteiger partial charge in [0, 0.05) is 52.8 Å². The maximum atomic E-state index is 12.3. The lowest BCUT2D eigenvalue weighted by atomic mass is 9.86. The van der Waals surface area contributed by atoms with Crippen molar-refractivity contribution in [1.82, 2.24) is 5.32 Å². The smallest absolute Gasteiger partial charge is 0.305 e. The highest BCUT2D eigenvalue weighted by Gasteiger charge is 2.55. The third-order valence-electron chi connectivity index (χ3n) is 10.2. The fourth-order valence-corrected chi connectivity index (χ4v) is 7.82. The zero-order chi connectivity index (χ0) is 31.8. The molecule has 0 aromatic rings. The molecule has 234 valence electrons. The molecular formula is C36H40N4O5. The number of ether oxygens (including phenoxy) is 3. The molecule has 2 N–H and O–H groups in total. The van der Waals surface area contributed by atoms with Crippen molar-refractivity contribution in [2.75, 3.05) is 20.3 Å². The van der Waals surface area contributed by atoms with Crippen LogP contribution in [0.4, 0.5) is 0 Å². The Hall–Kier alpha value is -4.08. The number of carbonyl (C=O) groups is 1. The van der Waals surface area contributed by atoms with Crippen LogP contribution in [0.2, 0.25) is 0 Å². The number of carbonyl (C=O) groups excluding carboxylic acids is 1. The van der Waals surface area contributed by atoms with Gasteiger partial charge in [-0.25, -0.2) is 15.0 Å². The summed E-state index contributed by atoms with van der Waals surface area (Å²) < 4.78 is 17.8. The van der Waals surface area contributed by atoms with Crippen LogP contribution in [-0.4, -0.2) is 54.3 Å². The second-order valence-corrected chi connectivity index (χ2v) is 12.7. The van der Waals surface area contributed by atoms with E-state index >= 15 is 0 Å². The van der Waals surface area contributed by atoms with Crippen LogP contribution in [0.1, 0.15) is 67.2 Å². The highest BCUT2D eigenvalue weighted by atomic mass is 16.7. The van der Waals surface area contributed by atoms with Gasteiger partial charge in [-0.1, -0.05) is 13.8 Å². The summed E-state index contributed by atoms with van der Waals surface area (Å²) in [5.41, 5.74) is 13.9. The van der Waals surface area contributed by atoms with Gasteiger partial charge in [-0.15, -0.1) is 0 Å². The summed E-state index contributed by atoms with van der Waals surface area (Å²) in [5.74, 6) is -0.838. The quantitative estimate of drug-likeness (QED) is 0.283. The Bertz CT molecular complexity index is 1790. The second kappa shape index (κ2) is 10.8. The average Bonchev–Trinajstić information content (AvgIpc) is 3.83. The molecule has 2 saturated heterocycles. The number of nitrogens with one attached hydrogen (secondary N) is 1. The topological polar surface area (TPSA) is 114 Å². The molecule has 0 aromatic carbocycles. The summed E-state index contributed by atoms with van der Waals surface area (Å²) in [4.78, 5) is 27.7. The summed E-state index contributed by atoms with van der Waals surface area (Å²) in [7, 11) is 1.43. The molecule has 1 saturated carbocycles. The number of allylic oxidation sites excluding steroid dienone is 11. The fourth-order valence-electron chi connectivity index (χ4n) is 7.82. The summed E-state index contributed by atoms with van der Waals surface area (Å²) in [6, 6.07) is 0. The Morgan fingerprint density at radius 3 is 2.44 bits per heavy atom.